The number of allylic oxidation sites excluding steroid dienone is 1. The number of carbonyl (C=O) groups is 2. The van der Waals surface area contributed by atoms with E-state index >= 15 is 0 Å². The van der Waals surface area contributed by atoms with Crippen LogP contribution in [0.25, 0.3) is 0 Å². The number of alkyl carbamates (subject to hydrolysis) is 1. The summed E-state index contributed by atoms with van der Waals surface area (Å²) in [6, 6.07) is -0.271. The highest BCUT2D eigenvalue weighted by Gasteiger charge is 2.24. The van der Waals surface area contributed by atoms with E-state index in [2.05, 4.69) is 11.9 Å². The second kappa shape index (κ2) is 5.95. The van der Waals surface area contributed by atoms with E-state index in [0.29, 0.717) is 12.8 Å². The lowest BCUT2D eigenvalue weighted by molar-refractivity contribution is -0.142. The predicted octanol–water partition coefficient (Wildman–Crippen LogP) is 1.32. The topological polar surface area (TPSA) is 75.6 Å². The zero-order chi connectivity index (χ0) is 12.0. The summed E-state index contributed by atoms with van der Waals surface area (Å²) in [5.41, 5.74) is 0. The Morgan fingerprint density at radius 1 is 1.62 bits per heavy atom. The predicted molar refractivity (Wildman–Crippen MR) is 58.0 cm³/mol. The summed E-state index contributed by atoms with van der Waals surface area (Å²) in [6.45, 7) is 3.56. The molecule has 0 fully saturated rings. The van der Waals surface area contributed by atoms with Crippen LogP contribution in [0.5, 0.6) is 0 Å². The van der Waals surface area contributed by atoms with E-state index < -0.39 is 18.0 Å². The molecule has 1 aliphatic rings. The smallest absolute Gasteiger partial charge is 0.407 e. The van der Waals surface area contributed by atoms with Gasteiger partial charge in [0, 0.05) is 0 Å². The van der Waals surface area contributed by atoms with Crippen molar-refractivity contribution in [3.8, 4) is 0 Å². The molecule has 2 N–H and O–H groups in total. The van der Waals surface area contributed by atoms with Gasteiger partial charge in [-0.1, -0.05) is 24.8 Å². The number of nitrogens with one attached hydrogen (secondary N) is 1. The van der Waals surface area contributed by atoms with E-state index in [1.807, 2.05) is 0 Å². The van der Waals surface area contributed by atoms with Gasteiger partial charge in [-0.2, -0.15) is 0 Å². The van der Waals surface area contributed by atoms with Gasteiger partial charge in [-0.3, -0.25) is 4.79 Å². The first-order valence-electron chi connectivity index (χ1n) is 5.07. The van der Waals surface area contributed by atoms with Crippen LogP contribution in [0.15, 0.2) is 24.8 Å². The Balaban J connectivity index is 2.40. The van der Waals surface area contributed by atoms with Crippen LogP contribution >= 0.6 is 0 Å². The molecule has 0 saturated carbocycles. The molecule has 0 aromatic rings. The van der Waals surface area contributed by atoms with Crippen molar-refractivity contribution in [3.05, 3.63) is 24.8 Å². The molecule has 0 heterocycles. The first kappa shape index (κ1) is 12.3. The van der Waals surface area contributed by atoms with Crippen LogP contribution in [0.3, 0.4) is 0 Å². The molecule has 0 aromatic heterocycles. The Kier molecular flexibility index (Phi) is 4.57. The lowest BCUT2D eigenvalue weighted by Crippen LogP contribution is -2.38. The lowest BCUT2D eigenvalue weighted by atomic mass is 9.91. The fourth-order valence-electron chi connectivity index (χ4n) is 1.52. The molecule has 0 bridgehead atoms. The zero-order valence-corrected chi connectivity index (χ0v) is 8.89. The van der Waals surface area contributed by atoms with Crippen LogP contribution in [0.4, 0.5) is 4.79 Å². The van der Waals surface area contributed by atoms with Crippen LogP contribution in [-0.2, 0) is 9.53 Å². The molecule has 1 rings (SSSR count). The molecule has 1 aliphatic carbocycles. The molecule has 88 valence electrons. The van der Waals surface area contributed by atoms with Crippen molar-refractivity contribution < 1.29 is 19.4 Å². The maximum absolute atomic E-state index is 11.2. The maximum Gasteiger partial charge on any atom is 0.407 e. The highest BCUT2D eigenvalue weighted by Crippen LogP contribution is 2.18. The second-order valence-electron chi connectivity index (χ2n) is 3.57. The fraction of sp³-hybridized carbons (Fsp3) is 0.455. The normalized spacial score (nSPS) is 23.5. The summed E-state index contributed by atoms with van der Waals surface area (Å²) in [5, 5.41) is 11.4. The Bertz CT molecular complexity index is 311. The summed E-state index contributed by atoms with van der Waals surface area (Å²) in [4.78, 5) is 22.0. The second-order valence-corrected chi connectivity index (χ2v) is 3.57. The first-order chi connectivity index (χ1) is 7.63. The molecule has 5 nitrogen and oxygen atoms in total. The first-order valence-corrected chi connectivity index (χ1v) is 5.07. The number of hydrogen-bond donors (Lipinski definition) is 2. The average Bonchev–Trinajstić information content (AvgIpc) is 2.26. The van der Waals surface area contributed by atoms with Gasteiger partial charge >= 0.3 is 12.1 Å². The van der Waals surface area contributed by atoms with Crippen LogP contribution < -0.4 is 5.32 Å². The van der Waals surface area contributed by atoms with Crippen molar-refractivity contribution >= 4 is 12.1 Å². The standard InChI is InChI=1S/C11H15NO4/c1-2-6-16-11(15)12-9-5-3-4-8(7-9)10(13)14/h2-3,5,8-9H,1,4,6-7H2,(H,12,15)(H,13,14)/t8-,9+/m0/s1. The molecule has 1 amide bonds. The number of hydrogen-bond acceptors (Lipinski definition) is 3. The monoisotopic (exact) mass is 225 g/mol. The Morgan fingerprint density at radius 3 is 3.00 bits per heavy atom. The third-order valence-electron chi connectivity index (χ3n) is 2.31. The quantitative estimate of drug-likeness (QED) is 0.707. The summed E-state index contributed by atoms with van der Waals surface area (Å²) in [5.74, 6) is -1.27. The summed E-state index contributed by atoms with van der Waals surface area (Å²) < 4.78 is 4.74. The number of carboxylic acid groups (broad SMARTS) is 1. The molecule has 0 aliphatic heterocycles. The Hall–Kier alpha value is -1.78. The third kappa shape index (κ3) is 3.76. The highest BCUT2D eigenvalue weighted by molar-refractivity contribution is 5.71. The summed E-state index contributed by atoms with van der Waals surface area (Å²) in [7, 11) is 0. The number of amides is 1. The molecule has 2 atom stereocenters. The van der Waals surface area contributed by atoms with E-state index in [1.54, 1.807) is 12.2 Å². The van der Waals surface area contributed by atoms with Gasteiger partial charge in [-0.15, -0.1) is 0 Å². The Labute approximate surface area is 93.8 Å². The number of ether oxygens (including phenoxy) is 1. The molecule has 0 unspecified atom stereocenters. The van der Waals surface area contributed by atoms with Gasteiger partial charge in [-0.25, -0.2) is 4.79 Å². The van der Waals surface area contributed by atoms with E-state index in [0.717, 1.165) is 0 Å². The number of aliphatic carboxylic acids is 1. The summed E-state index contributed by atoms with van der Waals surface area (Å²) >= 11 is 0. The molecule has 0 radical (unpaired) electrons. The zero-order valence-electron chi connectivity index (χ0n) is 8.89. The minimum atomic E-state index is -0.837. The number of rotatable bonds is 4. The van der Waals surface area contributed by atoms with Gasteiger partial charge in [0.2, 0.25) is 0 Å². The van der Waals surface area contributed by atoms with Gasteiger partial charge < -0.3 is 15.2 Å². The molecular weight excluding hydrogens is 210 g/mol. The third-order valence-corrected chi connectivity index (χ3v) is 2.31. The minimum absolute atomic E-state index is 0.143. The van der Waals surface area contributed by atoms with Gasteiger partial charge in [0.25, 0.3) is 0 Å². The average molecular weight is 225 g/mol. The van der Waals surface area contributed by atoms with Gasteiger partial charge in [-0.05, 0) is 12.8 Å². The highest BCUT2D eigenvalue weighted by atomic mass is 16.5. The maximum atomic E-state index is 11.2. The van der Waals surface area contributed by atoms with Crippen molar-refractivity contribution in [1.82, 2.24) is 5.32 Å². The number of carbonyl (C=O) groups excluding carboxylic acids is 1. The molecular formula is C11H15NO4. The molecule has 5 heteroatoms. The molecule has 16 heavy (non-hydrogen) atoms. The Morgan fingerprint density at radius 2 is 2.38 bits per heavy atom. The van der Waals surface area contributed by atoms with Crippen molar-refractivity contribution in [1.29, 1.82) is 0 Å². The van der Waals surface area contributed by atoms with Crippen molar-refractivity contribution in [2.45, 2.75) is 18.9 Å². The minimum Gasteiger partial charge on any atom is -0.481 e. The van der Waals surface area contributed by atoms with E-state index in [4.69, 9.17) is 9.84 Å². The van der Waals surface area contributed by atoms with Gasteiger partial charge in [0.05, 0.1) is 12.0 Å². The van der Waals surface area contributed by atoms with E-state index in [1.165, 1.54) is 6.08 Å². The van der Waals surface area contributed by atoms with Crippen LogP contribution in [0, 0.1) is 5.92 Å². The largest absolute Gasteiger partial charge is 0.481 e. The van der Waals surface area contributed by atoms with E-state index in [9.17, 15) is 9.59 Å². The van der Waals surface area contributed by atoms with Crippen molar-refractivity contribution in [2.75, 3.05) is 6.61 Å². The molecule has 0 spiro atoms. The van der Waals surface area contributed by atoms with Crippen LogP contribution in [0.2, 0.25) is 0 Å². The van der Waals surface area contributed by atoms with Gasteiger partial charge in [0.15, 0.2) is 0 Å². The molecule has 0 aromatic carbocycles. The van der Waals surface area contributed by atoms with Crippen LogP contribution in [-0.4, -0.2) is 29.8 Å². The SMILES string of the molecule is C=CCOC(=O)N[C@@H]1C=CC[C@H](C(=O)O)C1. The van der Waals surface area contributed by atoms with Crippen molar-refractivity contribution in [2.24, 2.45) is 5.92 Å². The van der Waals surface area contributed by atoms with Gasteiger partial charge in [0.1, 0.15) is 6.61 Å². The fourth-order valence-corrected chi connectivity index (χ4v) is 1.52. The van der Waals surface area contributed by atoms with Crippen molar-refractivity contribution in [3.63, 3.8) is 0 Å². The molecule has 0 saturated heterocycles. The van der Waals surface area contributed by atoms with E-state index in [-0.39, 0.29) is 12.6 Å². The lowest BCUT2D eigenvalue weighted by Gasteiger charge is -2.22. The van der Waals surface area contributed by atoms with Crippen LogP contribution in [0.1, 0.15) is 12.8 Å². The summed E-state index contributed by atoms with van der Waals surface area (Å²) in [6.07, 6.45) is 5.37. The number of carboxylic acids is 1.